The smallest absolute Gasteiger partial charge is 0.338 e. The van der Waals surface area contributed by atoms with E-state index in [1.807, 2.05) is 25.3 Å². The van der Waals surface area contributed by atoms with E-state index in [0.717, 1.165) is 16.2 Å². The first kappa shape index (κ1) is 15.6. The summed E-state index contributed by atoms with van der Waals surface area (Å²) in [7, 11) is 0. The molecule has 0 saturated carbocycles. The quantitative estimate of drug-likeness (QED) is 0.817. The molecule has 0 aliphatic rings. The number of amides is 1. The van der Waals surface area contributed by atoms with Crippen LogP contribution in [-0.4, -0.2) is 23.2 Å². The molecule has 0 fully saturated rings. The van der Waals surface area contributed by atoms with Gasteiger partial charge in [0.15, 0.2) is 0 Å². The average molecular weight is 321 g/mol. The van der Waals surface area contributed by atoms with Gasteiger partial charge in [0.25, 0.3) is 5.91 Å². The summed E-state index contributed by atoms with van der Waals surface area (Å²) in [6, 6.07) is 8.80. The highest BCUT2D eigenvalue weighted by Crippen LogP contribution is 2.29. The fraction of sp³-hybridized carbons (Fsp3) is 0.200. The van der Waals surface area contributed by atoms with Crippen LogP contribution < -0.4 is 5.32 Å². The van der Waals surface area contributed by atoms with E-state index in [4.69, 9.17) is 0 Å². The van der Waals surface area contributed by atoms with Gasteiger partial charge in [-0.15, -0.1) is 23.1 Å². The van der Waals surface area contributed by atoms with Crippen molar-refractivity contribution in [1.29, 1.82) is 0 Å². The van der Waals surface area contributed by atoms with Crippen LogP contribution in [0.3, 0.4) is 0 Å². The zero-order valence-electron chi connectivity index (χ0n) is 11.7. The summed E-state index contributed by atoms with van der Waals surface area (Å²) in [5, 5.41) is 12.3. The van der Waals surface area contributed by atoms with E-state index in [1.54, 1.807) is 30.0 Å². The number of carboxylic acids is 1. The molecule has 0 atom stereocenters. The fourth-order valence-electron chi connectivity index (χ4n) is 1.79. The molecule has 4 nitrogen and oxygen atoms in total. The molecule has 2 N–H and O–H groups in total. The number of aryl methyl sites for hydroxylation is 1. The molecule has 6 heteroatoms. The standard InChI is InChI=1S/C15H15NO3S2/c1-3-10-8-12(15(18)19)14(21-10)16-13(17)9-4-6-11(20-2)7-5-9/h4-8H,3H2,1-2H3,(H,16,17)(H,18,19). The van der Waals surface area contributed by atoms with Crippen LogP contribution >= 0.6 is 23.1 Å². The number of anilines is 1. The third kappa shape index (κ3) is 3.65. The first-order valence-corrected chi connectivity index (χ1v) is 8.40. The van der Waals surface area contributed by atoms with Gasteiger partial charge in [-0.05, 0) is 43.0 Å². The van der Waals surface area contributed by atoms with E-state index in [2.05, 4.69) is 5.32 Å². The Morgan fingerprint density at radius 1 is 1.29 bits per heavy atom. The molecule has 21 heavy (non-hydrogen) atoms. The summed E-state index contributed by atoms with van der Waals surface area (Å²) in [6.07, 6.45) is 2.70. The average Bonchev–Trinajstić information content (AvgIpc) is 2.90. The van der Waals surface area contributed by atoms with Crippen molar-refractivity contribution in [2.45, 2.75) is 18.2 Å². The maximum absolute atomic E-state index is 12.2. The number of benzene rings is 1. The molecule has 1 amide bonds. The van der Waals surface area contributed by atoms with Crippen molar-refractivity contribution in [1.82, 2.24) is 0 Å². The van der Waals surface area contributed by atoms with Gasteiger partial charge in [-0.2, -0.15) is 0 Å². The molecular formula is C15H15NO3S2. The summed E-state index contributed by atoms with van der Waals surface area (Å²) in [6.45, 7) is 1.95. The van der Waals surface area contributed by atoms with Crippen LogP contribution in [0.1, 0.15) is 32.5 Å². The van der Waals surface area contributed by atoms with Gasteiger partial charge >= 0.3 is 5.97 Å². The highest BCUT2D eigenvalue weighted by molar-refractivity contribution is 7.98. The van der Waals surface area contributed by atoms with Crippen LogP contribution in [0.25, 0.3) is 0 Å². The largest absolute Gasteiger partial charge is 0.478 e. The second kappa shape index (κ2) is 6.78. The zero-order chi connectivity index (χ0) is 15.4. The number of rotatable bonds is 5. The molecule has 0 aliphatic carbocycles. The lowest BCUT2D eigenvalue weighted by atomic mass is 10.2. The van der Waals surface area contributed by atoms with Crippen LogP contribution in [0.15, 0.2) is 35.2 Å². The number of hydrogen-bond acceptors (Lipinski definition) is 4. The Kier molecular flexibility index (Phi) is 5.03. The monoisotopic (exact) mass is 321 g/mol. The molecule has 0 bridgehead atoms. The molecule has 110 valence electrons. The number of thiophene rings is 1. The Morgan fingerprint density at radius 3 is 2.48 bits per heavy atom. The molecule has 2 aromatic rings. The van der Waals surface area contributed by atoms with Crippen molar-refractivity contribution in [2.75, 3.05) is 11.6 Å². The first-order chi connectivity index (χ1) is 10.0. The van der Waals surface area contributed by atoms with Gasteiger partial charge in [-0.1, -0.05) is 6.92 Å². The number of thioether (sulfide) groups is 1. The Labute approximate surface area is 131 Å². The van der Waals surface area contributed by atoms with Gasteiger partial charge in [0.1, 0.15) is 5.00 Å². The number of carbonyl (C=O) groups is 2. The van der Waals surface area contributed by atoms with Crippen LogP contribution in [0.2, 0.25) is 0 Å². The summed E-state index contributed by atoms with van der Waals surface area (Å²) >= 11 is 2.90. The van der Waals surface area contributed by atoms with E-state index in [-0.39, 0.29) is 11.5 Å². The Hall–Kier alpha value is -1.79. The maximum Gasteiger partial charge on any atom is 0.338 e. The van der Waals surface area contributed by atoms with Crippen molar-refractivity contribution >= 4 is 40.0 Å². The summed E-state index contributed by atoms with van der Waals surface area (Å²) in [4.78, 5) is 25.4. The van der Waals surface area contributed by atoms with Gasteiger partial charge < -0.3 is 10.4 Å². The lowest BCUT2D eigenvalue weighted by Gasteiger charge is -2.05. The number of nitrogens with one attached hydrogen (secondary N) is 1. The minimum Gasteiger partial charge on any atom is -0.478 e. The third-order valence-electron chi connectivity index (χ3n) is 2.94. The van der Waals surface area contributed by atoms with Gasteiger partial charge in [-0.25, -0.2) is 4.79 Å². The lowest BCUT2D eigenvalue weighted by Crippen LogP contribution is -2.13. The van der Waals surface area contributed by atoms with Crippen LogP contribution in [0, 0.1) is 0 Å². The number of hydrogen-bond donors (Lipinski definition) is 2. The maximum atomic E-state index is 12.2. The molecule has 0 radical (unpaired) electrons. The highest BCUT2D eigenvalue weighted by atomic mass is 32.2. The predicted molar refractivity (Wildman–Crippen MR) is 86.8 cm³/mol. The van der Waals surface area contributed by atoms with Crippen molar-refractivity contribution in [3.8, 4) is 0 Å². The van der Waals surface area contributed by atoms with E-state index < -0.39 is 5.97 Å². The minimum atomic E-state index is -1.03. The van der Waals surface area contributed by atoms with Crippen LogP contribution in [0.4, 0.5) is 5.00 Å². The summed E-state index contributed by atoms with van der Waals surface area (Å²) < 4.78 is 0. The molecule has 1 aromatic carbocycles. The minimum absolute atomic E-state index is 0.144. The van der Waals surface area contributed by atoms with E-state index >= 15 is 0 Å². The van der Waals surface area contributed by atoms with E-state index in [1.165, 1.54) is 11.3 Å². The van der Waals surface area contributed by atoms with Crippen molar-refractivity contribution < 1.29 is 14.7 Å². The molecule has 1 aromatic heterocycles. The molecule has 0 aliphatic heterocycles. The van der Waals surface area contributed by atoms with Crippen LogP contribution in [0.5, 0.6) is 0 Å². The first-order valence-electron chi connectivity index (χ1n) is 6.36. The number of carboxylic acid groups (broad SMARTS) is 1. The second-order valence-corrected chi connectivity index (χ2v) is 6.31. The van der Waals surface area contributed by atoms with Gasteiger partial charge in [0.2, 0.25) is 0 Å². The van der Waals surface area contributed by atoms with Gasteiger partial charge in [-0.3, -0.25) is 4.79 Å². The Bertz CT molecular complexity index is 662. The molecular weight excluding hydrogens is 306 g/mol. The second-order valence-electron chi connectivity index (χ2n) is 4.30. The molecule has 2 rings (SSSR count). The van der Waals surface area contributed by atoms with Gasteiger partial charge in [0.05, 0.1) is 5.56 Å². The topological polar surface area (TPSA) is 66.4 Å². The van der Waals surface area contributed by atoms with Crippen molar-refractivity contribution in [3.05, 3.63) is 46.3 Å². The number of carbonyl (C=O) groups excluding carboxylic acids is 1. The van der Waals surface area contributed by atoms with E-state index in [0.29, 0.717) is 10.6 Å². The van der Waals surface area contributed by atoms with Crippen LogP contribution in [-0.2, 0) is 6.42 Å². The Morgan fingerprint density at radius 2 is 1.95 bits per heavy atom. The SMILES string of the molecule is CCc1cc(C(=O)O)c(NC(=O)c2ccc(SC)cc2)s1. The van der Waals surface area contributed by atoms with E-state index in [9.17, 15) is 14.7 Å². The van der Waals surface area contributed by atoms with Gasteiger partial charge in [0, 0.05) is 15.3 Å². The molecule has 0 saturated heterocycles. The third-order valence-corrected chi connectivity index (χ3v) is 4.88. The highest BCUT2D eigenvalue weighted by Gasteiger charge is 2.17. The number of aromatic carboxylic acids is 1. The van der Waals surface area contributed by atoms with Crippen molar-refractivity contribution in [3.63, 3.8) is 0 Å². The Balaban J connectivity index is 2.22. The lowest BCUT2D eigenvalue weighted by molar-refractivity contribution is 0.0698. The molecule has 1 heterocycles. The molecule has 0 spiro atoms. The fourth-order valence-corrected chi connectivity index (χ4v) is 3.18. The van der Waals surface area contributed by atoms with Crippen molar-refractivity contribution in [2.24, 2.45) is 0 Å². The normalized spacial score (nSPS) is 10.4. The predicted octanol–water partition coefficient (Wildman–Crippen LogP) is 3.98. The summed E-state index contributed by atoms with van der Waals surface area (Å²) in [5.74, 6) is -1.33. The zero-order valence-corrected chi connectivity index (χ0v) is 13.3. The summed E-state index contributed by atoms with van der Waals surface area (Å²) in [5.41, 5.74) is 0.654. The molecule has 0 unspecified atom stereocenters.